The number of aromatic amines is 1. The van der Waals surface area contributed by atoms with E-state index in [1.165, 1.54) is 12.8 Å². The van der Waals surface area contributed by atoms with Gasteiger partial charge >= 0.3 is 0 Å². The van der Waals surface area contributed by atoms with Crippen molar-refractivity contribution >= 4 is 23.1 Å². The molecule has 0 unspecified atom stereocenters. The van der Waals surface area contributed by atoms with E-state index >= 15 is 0 Å². The zero-order valence-electron chi connectivity index (χ0n) is 15.5. The number of nitrogens with zero attached hydrogens (tertiary/aromatic N) is 6. The van der Waals surface area contributed by atoms with E-state index in [9.17, 15) is 0 Å². The van der Waals surface area contributed by atoms with Crippen molar-refractivity contribution in [3.8, 4) is 17.3 Å². The predicted octanol–water partition coefficient (Wildman–Crippen LogP) is 1.55. The van der Waals surface area contributed by atoms with E-state index in [2.05, 4.69) is 24.8 Å². The second-order valence-electron chi connectivity index (χ2n) is 7.07. The summed E-state index contributed by atoms with van der Waals surface area (Å²) in [6, 6.07) is 0.480. The van der Waals surface area contributed by atoms with Crippen LogP contribution in [0.2, 0.25) is 0 Å². The van der Waals surface area contributed by atoms with Crippen LogP contribution in [0, 0.1) is 0 Å². The number of nitrogen functional groups attached to an aromatic ring is 1. The highest BCUT2D eigenvalue weighted by atomic mass is 16.5. The number of hydrogen-bond donors (Lipinski definition) is 2. The zero-order chi connectivity index (χ0) is 18.9. The monoisotopic (exact) mass is 382 g/mol. The lowest BCUT2D eigenvalue weighted by molar-refractivity contribution is 0.122. The van der Waals surface area contributed by atoms with Gasteiger partial charge in [-0.3, -0.25) is 4.98 Å². The van der Waals surface area contributed by atoms with Gasteiger partial charge < -0.3 is 20.1 Å². The van der Waals surface area contributed by atoms with Crippen LogP contribution in [-0.4, -0.2) is 62.3 Å². The molecule has 10 nitrogen and oxygen atoms in total. The van der Waals surface area contributed by atoms with E-state index in [0.29, 0.717) is 42.0 Å². The second-order valence-corrected chi connectivity index (χ2v) is 7.07. The normalized spacial score (nSPS) is 18.1. The van der Waals surface area contributed by atoms with Crippen LogP contribution in [0.4, 0.5) is 11.9 Å². The highest BCUT2D eigenvalue weighted by Gasteiger charge is 2.22. The molecule has 5 rings (SSSR count). The third-order valence-corrected chi connectivity index (χ3v) is 5.13. The molecular formula is C18H22N8O2. The maximum atomic E-state index is 6.04. The molecule has 0 aromatic carbocycles. The second kappa shape index (κ2) is 7.19. The first kappa shape index (κ1) is 17.1. The molecule has 0 atom stereocenters. The fourth-order valence-corrected chi connectivity index (χ4v) is 3.65. The van der Waals surface area contributed by atoms with Crippen LogP contribution >= 0.6 is 0 Å². The number of morpholine rings is 1. The summed E-state index contributed by atoms with van der Waals surface area (Å²) in [6.45, 7) is 2.78. The van der Waals surface area contributed by atoms with Gasteiger partial charge in [-0.25, -0.2) is 15.0 Å². The lowest BCUT2D eigenvalue weighted by Gasteiger charge is -2.26. The molecule has 1 saturated carbocycles. The summed E-state index contributed by atoms with van der Waals surface area (Å²) in [6.07, 6.45) is 8.01. The number of rotatable bonds is 4. The van der Waals surface area contributed by atoms with Crippen LogP contribution in [0.5, 0.6) is 6.01 Å². The number of hydrogen-bond acceptors (Lipinski definition) is 9. The Morgan fingerprint density at radius 1 is 1.07 bits per heavy atom. The SMILES string of the molecule is Nc1ncc(-c2nc(N3CCOCC3)nc3[nH]c(OC4CCCC4)nc23)cn1. The number of nitrogens with one attached hydrogen (secondary N) is 1. The Balaban J connectivity index is 1.58. The van der Waals surface area contributed by atoms with Crippen molar-refractivity contribution in [3.05, 3.63) is 12.4 Å². The van der Waals surface area contributed by atoms with Crippen LogP contribution in [0.15, 0.2) is 12.4 Å². The van der Waals surface area contributed by atoms with Gasteiger partial charge in [0.15, 0.2) is 5.65 Å². The van der Waals surface area contributed by atoms with Crippen LogP contribution in [-0.2, 0) is 4.74 Å². The minimum atomic E-state index is 0.204. The number of imidazole rings is 1. The van der Waals surface area contributed by atoms with Crippen LogP contribution in [0.25, 0.3) is 22.4 Å². The molecule has 3 N–H and O–H groups in total. The summed E-state index contributed by atoms with van der Waals surface area (Å²) in [5.41, 5.74) is 8.30. The van der Waals surface area contributed by atoms with Gasteiger partial charge in [0.2, 0.25) is 11.9 Å². The predicted molar refractivity (Wildman–Crippen MR) is 103 cm³/mol. The van der Waals surface area contributed by atoms with Gasteiger partial charge in [0.25, 0.3) is 6.01 Å². The molecule has 4 heterocycles. The Bertz CT molecular complexity index is 962. The standard InChI is InChI=1S/C18H22N8O2/c19-16-20-9-11(10-21-16)13-14-15(24-17(22-13)26-5-7-27-8-6-26)25-18(23-14)28-12-3-1-2-4-12/h9-10,12H,1-8H2,(H2,19,20,21)(H,22,23,24,25). The largest absolute Gasteiger partial charge is 0.461 e. The number of H-pyrrole nitrogens is 1. The lowest BCUT2D eigenvalue weighted by Crippen LogP contribution is -2.37. The van der Waals surface area contributed by atoms with Gasteiger partial charge in [-0.15, -0.1) is 0 Å². The van der Waals surface area contributed by atoms with Crippen LogP contribution < -0.4 is 15.4 Å². The fraction of sp³-hybridized carbons (Fsp3) is 0.500. The maximum Gasteiger partial charge on any atom is 0.296 e. The number of aromatic nitrogens is 6. The first-order chi connectivity index (χ1) is 13.8. The Hall–Kier alpha value is -3.01. The third kappa shape index (κ3) is 3.31. The Kier molecular flexibility index (Phi) is 4.40. The van der Waals surface area contributed by atoms with Crippen molar-refractivity contribution in [3.63, 3.8) is 0 Å². The van der Waals surface area contributed by atoms with E-state index in [-0.39, 0.29) is 12.1 Å². The highest BCUT2D eigenvalue weighted by Crippen LogP contribution is 2.30. The molecule has 0 spiro atoms. The molecule has 1 saturated heterocycles. The summed E-state index contributed by atoms with van der Waals surface area (Å²) in [5.74, 6) is 0.841. The molecule has 3 aromatic rings. The van der Waals surface area contributed by atoms with Gasteiger partial charge in [-0.05, 0) is 25.7 Å². The smallest absolute Gasteiger partial charge is 0.296 e. The summed E-state index contributed by atoms with van der Waals surface area (Å²) in [7, 11) is 0. The molecule has 2 aliphatic rings. The summed E-state index contributed by atoms with van der Waals surface area (Å²) in [4.78, 5) is 27.6. The van der Waals surface area contributed by atoms with Crippen LogP contribution in [0.1, 0.15) is 25.7 Å². The molecule has 0 amide bonds. The Morgan fingerprint density at radius 2 is 1.82 bits per heavy atom. The Labute approximate surface area is 161 Å². The van der Waals surface area contributed by atoms with Crippen molar-refractivity contribution < 1.29 is 9.47 Å². The molecule has 1 aliphatic carbocycles. The fourth-order valence-electron chi connectivity index (χ4n) is 3.65. The quantitative estimate of drug-likeness (QED) is 0.690. The number of anilines is 2. The first-order valence-electron chi connectivity index (χ1n) is 9.61. The van der Waals surface area contributed by atoms with Gasteiger partial charge in [0.1, 0.15) is 17.3 Å². The molecular weight excluding hydrogens is 360 g/mol. The number of ether oxygens (including phenoxy) is 2. The molecule has 1 aliphatic heterocycles. The van der Waals surface area contributed by atoms with E-state index in [0.717, 1.165) is 31.5 Å². The van der Waals surface area contributed by atoms with Gasteiger partial charge in [-0.2, -0.15) is 9.97 Å². The van der Waals surface area contributed by atoms with Crippen molar-refractivity contribution in [2.45, 2.75) is 31.8 Å². The summed E-state index contributed by atoms with van der Waals surface area (Å²) < 4.78 is 11.5. The minimum absolute atomic E-state index is 0.204. The maximum absolute atomic E-state index is 6.04. The average Bonchev–Trinajstić information content (AvgIpc) is 3.38. The first-order valence-corrected chi connectivity index (χ1v) is 9.61. The lowest BCUT2D eigenvalue weighted by atomic mass is 10.2. The Morgan fingerprint density at radius 3 is 2.57 bits per heavy atom. The van der Waals surface area contributed by atoms with E-state index < -0.39 is 0 Å². The van der Waals surface area contributed by atoms with Crippen molar-refractivity contribution in [1.29, 1.82) is 0 Å². The van der Waals surface area contributed by atoms with Gasteiger partial charge in [0.05, 0.1) is 13.2 Å². The average molecular weight is 382 g/mol. The molecule has 28 heavy (non-hydrogen) atoms. The number of nitrogens with two attached hydrogens (primary N) is 1. The van der Waals surface area contributed by atoms with Crippen molar-refractivity contribution in [2.24, 2.45) is 0 Å². The summed E-state index contributed by atoms with van der Waals surface area (Å²) in [5, 5.41) is 0. The summed E-state index contributed by atoms with van der Waals surface area (Å²) >= 11 is 0. The molecule has 0 radical (unpaired) electrons. The van der Waals surface area contributed by atoms with Gasteiger partial charge in [0, 0.05) is 31.0 Å². The van der Waals surface area contributed by atoms with E-state index in [1.807, 2.05) is 0 Å². The molecule has 10 heteroatoms. The van der Waals surface area contributed by atoms with E-state index in [1.54, 1.807) is 12.4 Å². The topological polar surface area (TPSA) is 128 Å². The zero-order valence-corrected chi connectivity index (χ0v) is 15.5. The van der Waals surface area contributed by atoms with Gasteiger partial charge in [-0.1, -0.05) is 0 Å². The minimum Gasteiger partial charge on any atom is -0.461 e. The van der Waals surface area contributed by atoms with E-state index in [4.69, 9.17) is 25.2 Å². The molecule has 3 aromatic heterocycles. The third-order valence-electron chi connectivity index (χ3n) is 5.13. The molecule has 146 valence electrons. The van der Waals surface area contributed by atoms with Crippen molar-refractivity contribution in [1.82, 2.24) is 29.9 Å². The highest BCUT2D eigenvalue weighted by molar-refractivity contribution is 5.88. The van der Waals surface area contributed by atoms with Crippen molar-refractivity contribution in [2.75, 3.05) is 36.9 Å². The molecule has 0 bridgehead atoms. The van der Waals surface area contributed by atoms with Crippen LogP contribution in [0.3, 0.4) is 0 Å². The molecule has 2 fully saturated rings. The number of fused-ring (bicyclic) bond motifs is 1.